The number of likely N-dealkylation sites (tertiary alicyclic amines) is 1. The number of rotatable bonds is 4. The summed E-state index contributed by atoms with van der Waals surface area (Å²) in [6.07, 6.45) is 8.52. The zero-order chi connectivity index (χ0) is 17.4. The van der Waals surface area contributed by atoms with Gasteiger partial charge in [-0.1, -0.05) is 12.2 Å². The molecule has 1 aromatic carbocycles. The molecule has 5 nitrogen and oxygen atoms in total. The van der Waals surface area contributed by atoms with Gasteiger partial charge in [0.05, 0.1) is 12.8 Å². The van der Waals surface area contributed by atoms with Crippen molar-refractivity contribution in [1.29, 1.82) is 0 Å². The summed E-state index contributed by atoms with van der Waals surface area (Å²) in [6, 6.07) is 5.29. The lowest BCUT2D eigenvalue weighted by Gasteiger charge is -2.20. The van der Waals surface area contributed by atoms with E-state index < -0.39 is 0 Å². The van der Waals surface area contributed by atoms with Crippen LogP contribution in [-0.4, -0.2) is 36.9 Å². The van der Waals surface area contributed by atoms with E-state index in [4.69, 9.17) is 4.74 Å². The van der Waals surface area contributed by atoms with Crippen LogP contribution in [0.4, 0.5) is 5.69 Å². The van der Waals surface area contributed by atoms with E-state index in [-0.39, 0.29) is 17.7 Å². The van der Waals surface area contributed by atoms with E-state index in [2.05, 4.69) is 17.5 Å². The largest absolute Gasteiger partial charge is 0.495 e. The molecule has 1 aliphatic heterocycles. The fourth-order valence-corrected chi connectivity index (χ4v) is 4.35. The number of hydrogen-bond acceptors (Lipinski definition) is 3. The predicted molar refractivity (Wildman–Crippen MR) is 95.6 cm³/mol. The van der Waals surface area contributed by atoms with Crippen molar-refractivity contribution in [2.45, 2.75) is 25.7 Å². The summed E-state index contributed by atoms with van der Waals surface area (Å²) in [5, 5.41) is 3.01. The molecule has 1 aromatic rings. The third-order valence-corrected chi connectivity index (χ3v) is 5.71. The van der Waals surface area contributed by atoms with Crippen LogP contribution >= 0.6 is 0 Å². The Morgan fingerprint density at radius 1 is 1.16 bits per heavy atom. The molecule has 1 saturated heterocycles. The molecule has 2 aliphatic carbocycles. The van der Waals surface area contributed by atoms with E-state index in [1.807, 2.05) is 4.90 Å². The van der Waals surface area contributed by atoms with E-state index in [9.17, 15) is 9.59 Å². The maximum absolute atomic E-state index is 12.7. The predicted octanol–water partition coefficient (Wildman–Crippen LogP) is 3.08. The molecule has 1 N–H and O–H groups in total. The first-order valence-electron chi connectivity index (χ1n) is 9.12. The second-order valence-corrected chi connectivity index (χ2v) is 7.29. The Hall–Kier alpha value is -2.30. The Kier molecular flexibility index (Phi) is 4.24. The van der Waals surface area contributed by atoms with Crippen LogP contribution in [0.15, 0.2) is 30.4 Å². The molecule has 3 atom stereocenters. The fraction of sp³-hybridized carbons (Fsp3) is 0.500. The summed E-state index contributed by atoms with van der Waals surface area (Å²) in [4.78, 5) is 27.2. The maximum Gasteiger partial charge on any atom is 0.253 e. The van der Waals surface area contributed by atoms with Crippen LogP contribution in [0.5, 0.6) is 5.75 Å². The standard InChI is InChI=1S/C20H24N2O3/c1-25-18-7-6-15(20(24)22-8-2-3-9-22)12-17(18)21-19(23)16-11-13-4-5-14(16)10-13/h4-7,12-14,16H,2-3,8-11H2,1H3,(H,21,23)/t13-,14-,16+/m0/s1. The number of ether oxygens (including phenoxy) is 1. The molecule has 3 aliphatic rings. The lowest BCUT2D eigenvalue weighted by Crippen LogP contribution is -2.28. The number of nitrogens with one attached hydrogen (secondary N) is 1. The van der Waals surface area contributed by atoms with Crippen molar-refractivity contribution in [2.24, 2.45) is 17.8 Å². The second-order valence-electron chi connectivity index (χ2n) is 7.29. The summed E-state index contributed by atoms with van der Waals surface area (Å²) in [6.45, 7) is 1.62. The zero-order valence-corrected chi connectivity index (χ0v) is 14.5. The first-order chi connectivity index (χ1) is 12.2. The number of methoxy groups -OCH3 is 1. The van der Waals surface area contributed by atoms with Gasteiger partial charge in [0.1, 0.15) is 5.75 Å². The highest BCUT2D eigenvalue weighted by Crippen LogP contribution is 2.44. The van der Waals surface area contributed by atoms with Gasteiger partial charge in [-0.05, 0) is 55.7 Å². The van der Waals surface area contributed by atoms with Gasteiger partial charge >= 0.3 is 0 Å². The summed E-state index contributed by atoms with van der Waals surface area (Å²) in [5.74, 6) is 1.57. The molecule has 25 heavy (non-hydrogen) atoms. The van der Waals surface area contributed by atoms with Crippen LogP contribution in [-0.2, 0) is 4.79 Å². The Morgan fingerprint density at radius 2 is 1.96 bits per heavy atom. The SMILES string of the molecule is COc1ccc(C(=O)N2CCCC2)cc1NC(=O)[C@@H]1C[C@H]2C=C[C@H]1C2. The Labute approximate surface area is 148 Å². The van der Waals surface area contributed by atoms with Crippen molar-refractivity contribution >= 4 is 17.5 Å². The van der Waals surface area contributed by atoms with Crippen LogP contribution in [0.2, 0.25) is 0 Å². The summed E-state index contributed by atoms with van der Waals surface area (Å²) < 4.78 is 5.38. The number of amides is 2. The van der Waals surface area contributed by atoms with Crippen molar-refractivity contribution in [3.63, 3.8) is 0 Å². The second kappa shape index (κ2) is 6.54. The van der Waals surface area contributed by atoms with Crippen molar-refractivity contribution < 1.29 is 14.3 Å². The number of carbonyl (C=O) groups excluding carboxylic acids is 2. The Bertz CT molecular complexity index is 722. The highest BCUT2D eigenvalue weighted by molar-refractivity contribution is 5.99. The molecule has 2 amide bonds. The number of fused-ring (bicyclic) bond motifs is 2. The summed E-state index contributed by atoms with van der Waals surface area (Å²) >= 11 is 0. The Balaban J connectivity index is 1.53. The summed E-state index contributed by atoms with van der Waals surface area (Å²) in [7, 11) is 1.58. The molecule has 2 fully saturated rings. The van der Waals surface area contributed by atoms with Gasteiger partial charge in [-0.2, -0.15) is 0 Å². The van der Waals surface area contributed by atoms with Gasteiger partial charge in [0.2, 0.25) is 5.91 Å². The van der Waals surface area contributed by atoms with Crippen molar-refractivity contribution in [3.05, 3.63) is 35.9 Å². The average molecular weight is 340 g/mol. The molecular formula is C20H24N2O3. The minimum atomic E-state index is 0.0256. The minimum absolute atomic E-state index is 0.0256. The number of nitrogens with zero attached hydrogens (tertiary/aromatic N) is 1. The van der Waals surface area contributed by atoms with Crippen LogP contribution in [0.1, 0.15) is 36.0 Å². The molecule has 0 spiro atoms. The van der Waals surface area contributed by atoms with Crippen LogP contribution in [0.3, 0.4) is 0 Å². The highest BCUT2D eigenvalue weighted by atomic mass is 16.5. The van der Waals surface area contributed by atoms with Gasteiger partial charge in [-0.25, -0.2) is 0 Å². The van der Waals surface area contributed by atoms with Gasteiger partial charge in [-0.15, -0.1) is 0 Å². The van der Waals surface area contributed by atoms with Crippen LogP contribution in [0, 0.1) is 17.8 Å². The van der Waals surface area contributed by atoms with Crippen molar-refractivity contribution in [1.82, 2.24) is 4.90 Å². The topological polar surface area (TPSA) is 58.6 Å². The molecule has 1 heterocycles. The number of allylic oxidation sites excluding steroid dienone is 2. The van der Waals surface area contributed by atoms with E-state index in [1.165, 1.54) is 0 Å². The molecular weight excluding hydrogens is 316 g/mol. The van der Waals surface area contributed by atoms with E-state index in [0.29, 0.717) is 28.8 Å². The normalized spacial score (nSPS) is 26.9. The molecule has 2 bridgehead atoms. The molecule has 1 saturated carbocycles. The molecule has 0 unspecified atom stereocenters. The molecule has 5 heteroatoms. The number of anilines is 1. The number of hydrogen-bond donors (Lipinski definition) is 1. The lowest BCUT2D eigenvalue weighted by molar-refractivity contribution is -0.120. The first kappa shape index (κ1) is 16.2. The first-order valence-corrected chi connectivity index (χ1v) is 9.12. The van der Waals surface area contributed by atoms with E-state index >= 15 is 0 Å². The molecule has 0 aromatic heterocycles. The van der Waals surface area contributed by atoms with Gasteiger partial charge in [0, 0.05) is 24.6 Å². The smallest absolute Gasteiger partial charge is 0.253 e. The third-order valence-electron chi connectivity index (χ3n) is 5.71. The molecule has 0 radical (unpaired) electrons. The van der Waals surface area contributed by atoms with Crippen molar-refractivity contribution in [2.75, 3.05) is 25.5 Å². The Morgan fingerprint density at radius 3 is 2.60 bits per heavy atom. The third kappa shape index (κ3) is 3.03. The van der Waals surface area contributed by atoms with Crippen molar-refractivity contribution in [3.8, 4) is 5.75 Å². The lowest BCUT2D eigenvalue weighted by atomic mass is 9.92. The molecule has 132 valence electrons. The van der Waals surface area contributed by atoms with Gasteiger partial charge in [-0.3, -0.25) is 9.59 Å². The summed E-state index contributed by atoms with van der Waals surface area (Å²) in [5.41, 5.74) is 1.19. The van der Waals surface area contributed by atoms with E-state index in [1.54, 1.807) is 25.3 Å². The molecule has 4 rings (SSSR count). The minimum Gasteiger partial charge on any atom is -0.495 e. The maximum atomic E-state index is 12.7. The zero-order valence-electron chi connectivity index (χ0n) is 14.5. The highest BCUT2D eigenvalue weighted by Gasteiger charge is 2.40. The van der Waals surface area contributed by atoms with Gasteiger partial charge < -0.3 is 15.0 Å². The van der Waals surface area contributed by atoms with Gasteiger partial charge in [0.25, 0.3) is 5.91 Å². The fourth-order valence-electron chi connectivity index (χ4n) is 4.35. The number of carbonyl (C=O) groups is 2. The van der Waals surface area contributed by atoms with Crippen LogP contribution in [0.25, 0.3) is 0 Å². The average Bonchev–Trinajstić information content (AvgIpc) is 3.38. The number of benzene rings is 1. The van der Waals surface area contributed by atoms with Crippen LogP contribution < -0.4 is 10.1 Å². The van der Waals surface area contributed by atoms with E-state index in [0.717, 1.165) is 38.8 Å². The van der Waals surface area contributed by atoms with Gasteiger partial charge in [0.15, 0.2) is 0 Å². The monoisotopic (exact) mass is 340 g/mol. The quantitative estimate of drug-likeness (QED) is 0.857.